The fourth-order valence-electron chi connectivity index (χ4n) is 2.18. The standard InChI is InChI=1S/C19H13Br/c1-14-8-10-15(11-9-14)12-13-17-5-2-4-16-6-3-7-18(20)19(16)17/h2-11H,1H3. The van der Waals surface area contributed by atoms with Crippen molar-refractivity contribution in [1.29, 1.82) is 0 Å². The van der Waals surface area contributed by atoms with Crippen molar-refractivity contribution in [3.8, 4) is 11.8 Å². The van der Waals surface area contributed by atoms with Crippen LogP contribution in [-0.2, 0) is 0 Å². The van der Waals surface area contributed by atoms with E-state index in [9.17, 15) is 0 Å². The van der Waals surface area contributed by atoms with Gasteiger partial charge in [0.2, 0.25) is 0 Å². The van der Waals surface area contributed by atoms with E-state index < -0.39 is 0 Å². The van der Waals surface area contributed by atoms with Crippen LogP contribution in [0.3, 0.4) is 0 Å². The highest BCUT2D eigenvalue weighted by Crippen LogP contribution is 2.26. The lowest BCUT2D eigenvalue weighted by Crippen LogP contribution is -1.82. The lowest BCUT2D eigenvalue weighted by Gasteiger charge is -2.02. The Bertz CT molecular complexity index is 812. The van der Waals surface area contributed by atoms with Crippen LogP contribution in [0.1, 0.15) is 16.7 Å². The molecule has 3 aromatic rings. The van der Waals surface area contributed by atoms with Gasteiger partial charge in [-0.3, -0.25) is 0 Å². The van der Waals surface area contributed by atoms with E-state index in [1.54, 1.807) is 0 Å². The van der Waals surface area contributed by atoms with E-state index in [2.05, 4.69) is 83.2 Å². The first-order valence-corrected chi connectivity index (χ1v) is 7.29. The van der Waals surface area contributed by atoms with Crippen LogP contribution in [0.5, 0.6) is 0 Å². The fourth-order valence-corrected chi connectivity index (χ4v) is 2.77. The smallest absolute Gasteiger partial charge is 0.0338 e. The lowest BCUT2D eigenvalue weighted by atomic mass is 10.0. The van der Waals surface area contributed by atoms with Gasteiger partial charge in [-0.05, 0) is 36.6 Å². The molecule has 3 aromatic carbocycles. The molecule has 0 aliphatic heterocycles. The van der Waals surface area contributed by atoms with Gasteiger partial charge in [-0.1, -0.05) is 69.7 Å². The van der Waals surface area contributed by atoms with E-state index in [1.165, 1.54) is 16.3 Å². The Morgan fingerprint density at radius 2 is 1.50 bits per heavy atom. The molecule has 0 N–H and O–H groups in total. The quantitative estimate of drug-likeness (QED) is 0.492. The van der Waals surface area contributed by atoms with E-state index in [-0.39, 0.29) is 0 Å². The molecule has 0 saturated heterocycles. The normalized spacial score (nSPS) is 10.1. The SMILES string of the molecule is Cc1ccc(C#Cc2cccc3cccc(Br)c23)cc1. The van der Waals surface area contributed by atoms with Crippen LogP contribution in [0.25, 0.3) is 10.8 Å². The van der Waals surface area contributed by atoms with E-state index in [0.717, 1.165) is 15.6 Å². The first kappa shape index (κ1) is 13.0. The summed E-state index contributed by atoms with van der Waals surface area (Å²) in [5.41, 5.74) is 3.35. The number of hydrogen-bond donors (Lipinski definition) is 0. The van der Waals surface area contributed by atoms with E-state index >= 15 is 0 Å². The summed E-state index contributed by atoms with van der Waals surface area (Å²) in [5.74, 6) is 6.52. The maximum atomic E-state index is 3.62. The number of aryl methyl sites for hydroxylation is 1. The highest BCUT2D eigenvalue weighted by molar-refractivity contribution is 9.10. The maximum Gasteiger partial charge on any atom is 0.0338 e. The zero-order valence-corrected chi connectivity index (χ0v) is 12.7. The molecule has 0 aliphatic rings. The van der Waals surface area contributed by atoms with Crippen LogP contribution in [-0.4, -0.2) is 0 Å². The molecule has 0 heterocycles. The molecule has 0 aromatic heterocycles. The summed E-state index contributed by atoms with van der Waals surface area (Å²) >= 11 is 3.62. The summed E-state index contributed by atoms with van der Waals surface area (Å²) in [6.45, 7) is 2.08. The van der Waals surface area contributed by atoms with Crippen molar-refractivity contribution in [2.75, 3.05) is 0 Å². The van der Waals surface area contributed by atoms with Crippen LogP contribution < -0.4 is 0 Å². The molecule has 20 heavy (non-hydrogen) atoms. The van der Waals surface area contributed by atoms with Crippen molar-refractivity contribution in [1.82, 2.24) is 0 Å². The molecule has 0 fully saturated rings. The van der Waals surface area contributed by atoms with Gasteiger partial charge in [-0.15, -0.1) is 0 Å². The molecule has 0 spiro atoms. The minimum absolute atomic E-state index is 1.04. The van der Waals surface area contributed by atoms with Gasteiger partial charge < -0.3 is 0 Å². The molecule has 3 rings (SSSR count). The van der Waals surface area contributed by atoms with Crippen LogP contribution in [0.4, 0.5) is 0 Å². The first-order chi connectivity index (χ1) is 9.74. The largest absolute Gasteiger partial charge is 0.0616 e. The summed E-state index contributed by atoms with van der Waals surface area (Å²) < 4.78 is 1.09. The first-order valence-electron chi connectivity index (χ1n) is 6.50. The predicted molar refractivity (Wildman–Crippen MR) is 88.8 cm³/mol. The molecule has 0 atom stereocenters. The van der Waals surface area contributed by atoms with Crippen LogP contribution in [0, 0.1) is 18.8 Å². The van der Waals surface area contributed by atoms with Gasteiger partial charge >= 0.3 is 0 Å². The molecule has 96 valence electrons. The van der Waals surface area contributed by atoms with Crippen LogP contribution in [0.2, 0.25) is 0 Å². The van der Waals surface area contributed by atoms with Gasteiger partial charge in [0.05, 0.1) is 0 Å². The summed E-state index contributed by atoms with van der Waals surface area (Å²) in [5, 5.41) is 2.38. The molecule has 0 radical (unpaired) electrons. The third kappa shape index (κ3) is 2.61. The minimum Gasteiger partial charge on any atom is -0.0616 e. The van der Waals surface area contributed by atoms with Crippen molar-refractivity contribution in [3.05, 3.63) is 81.8 Å². The number of rotatable bonds is 0. The van der Waals surface area contributed by atoms with Gasteiger partial charge in [0.25, 0.3) is 0 Å². The number of fused-ring (bicyclic) bond motifs is 1. The second-order valence-electron chi connectivity index (χ2n) is 4.76. The molecular weight excluding hydrogens is 308 g/mol. The fraction of sp³-hybridized carbons (Fsp3) is 0.0526. The predicted octanol–water partition coefficient (Wildman–Crippen LogP) is 5.31. The van der Waals surface area contributed by atoms with E-state index in [0.29, 0.717) is 0 Å². The third-order valence-corrected chi connectivity index (χ3v) is 3.91. The molecule has 0 nitrogen and oxygen atoms in total. The van der Waals surface area contributed by atoms with Crippen molar-refractivity contribution < 1.29 is 0 Å². The van der Waals surface area contributed by atoms with Crippen molar-refractivity contribution in [2.45, 2.75) is 6.92 Å². The average molecular weight is 321 g/mol. The van der Waals surface area contributed by atoms with Gasteiger partial charge in [0.15, 0.2) is 0 Å². The number of hydrogen-bond acceptors (Lipinski definition) is 0. The van der Waals surface area contributed by atoms with E-state index in [1.807, 2.05) is 12.1 Å². The second kappa shape index (κ2) is 5.53. The summed E-state index contributed by atoms with van der Waals surface area (Å²) in [6, 6.07) is 20.7. The Labute approximate surface area is 127 Å². The van der Waals surface area contributed by atoms with E-state index in [4.69, 9.17) is 0 Å². The monoisotopic (exact) mass is 320 g/mol. The molecule has 1 heteroatoms. The number of halogens is 1. The highest BCUT2D eigenvalue weighted by atomic mass is 79.9. The van der Waals surface area contributed by atoms with Crippen LogP contribution in [0.15, 0.2) is 65.1 Å². The van der Waals surface area contributed by atoms with Gasteiger partial charge in [-0.2, -0.15) is 0 Å². The Morgan fingerprint density at radius 3 is 2.25 bits per heavy atom. The molecular formula is C19H13Br. The molecule has 0 unspecified atom stereocenters. The Hall–Kier alpha value is -2.04. The van der Waals surface area contributed by atoms with Crippen molar-refractivity contribution in [2.24, 2.45) is 0 Å². The Morgan fingerprint density at radius 1 is 0.800 bits per heavy atom. The van der Waals surface area contributed by atoms with Gasteiger partial charge in [0.1, 0.15) is 0 Å². The summed E-state index contributed by atoms with van der Waals surface area (Å²) in [4.78, 5) is 0. The van der Waals surface area contributed by atoms with Crippen molar-refractivity contribution >= 4 is 26.7 Å². The average Bonchev–Trinajstić information content (AvgIpc) is 2.47. The van der Waals surface area contributed by atoms with Gasteiger partial charge in [0, 0.05) is 21.0 Å². The second-order valence-corrected chi connectivity index (χ2v) is 5.61. The van der Waals surface area contributed by atoms with Crippen LogP contribution >= 0.6 is 15.9 Å². The zero-order valence-electron chi connectivity index (χ0n) is 11.2. The molecule has 0 bridgehead atoms. The van der Waals surface area contributed by atoms with Crippen molar-refractivity contribution in [3.63, 3.8) is 0 Å². The Balaban J connectivity index is 2.10. The topological polar surface area (TPSA) is 0 Å². The molecule has 0 saturated carbocycles. The maximum absolute atomic E-state index is 3.62. The third-order valence-electron chi connectivity index (χ3n) is 3.25. The lowest BCUT2D eigenvalue weighted by molar-refractivity contribution is 1.46. The Kier molecular flexibility index (Phi) is 3.58. The summed E-state index contributed by atoms with van der Waals surface area (Å²) in [6.07, 6.45) is 0. The highest BCUT2D eigenvalue weighted by Gasteiger charge is 2.01. The summed E-state index contributed by atoms with van der Waals surface area (Å²) in [7, 11) is 0. The van der Waals surface area contributed by atoms with Gasteiger partial charge in [-0.25, -0.2) is 0 Å². The zero-order chi connectivity index (χ0) is 13.9. The molecule has 0 amide bonds. The number of benzene rings is 3. The molecule has 0 aliphatic carbocycles. The minimum atomic E-state index is 1.04.